The fourth-order valence-corrected chi connectivity index (χ4v) is 2.70. The van der Waals surface area contributed by atoms with Crippen LogP contribution in [0.2, 0.25) is 0 Å². The number of methoxy groups -OCH3 is 1. The standard InChI is InChI=1S/C20H19FO4/c1-12(2)16-10-20(22)25-19-9-14(5-6-15(16)19)24-11-13-4-7-18(23-3)17(21)8-13/h4-10,12H,11H2,1-3H3. The fraction of sp³-hybridized carbons (Fsp3) is 0.250. The van der Waals surface area contributed by atoms with E-state index in [1.165, 1.54) is 19.2 Å². The first-order valence-electron chi connectivity index (χ1n) is 8.01. The Bertz CT molecular complexity index is 960. The van der Waals surface area contributed by atoms with Crippen LogP contribution in [0, 0.1) is 5.82 Å². The highest BCUT2D eigenvalue weighted by Gasteiger charge is 2.10. The Kier molecular flexibility index (Phi) is 4.74. The number of ether oxygens (including phenoxy) is 2. The lowest BCUT2D eigenvalue weighted by Crippen LogP contribution is -2.02. The zero-order chi connectivity index (χ0) is 18.0. The molecule has 0 aliphatic carbocycles. The molecule has 0 bridgehead atoms. The second-order valence-electron chi connectivity index (χ2n) is 6.09. The van der Waals surface area contributed by atoms with Crippen molar-refractivity contribution in [1.82, 2.24) is 0 Å². The summed E-state index contributed by atoms with van der Waals surface area (Å²) in [5, 5.41) is 0.887. The van der Waals surface area contributed by atoms with Crippen LogP contribution in [0.25, 0.3) is 11.0 Å². The molecule has 0 aliphatic heterocycles. The quantitative estimate of drug-likeness (QED) is 0.634. The molecule has 3 aromatic rings. The molecule has 25 heavy (non-hydrogen) atoms. The van der Waals surface area contributed by atoms with Crippen LogP contribution in [-0.4, -0.2) is 7.11 Å². The lowest BCUT2D eigenvalue weighted by Gasteiger charge is -2.11. The Morgan fingerprint density at radius 3 is 2.60 bits per heavy atom. The zero-order valence-electron chi connectivity index (χ0n) is 14.3. The highest BCUT2D eigenvalue weighted by molar-refractivity contribution is 5.82. The van der Waals surface area contributed by atoms with Crippen LogP contribution in [0.15, 0.2) is 51.7 Å². The van der Waals surface area contributed by atoms with Crippen molar-refractivity contribution in [2.45, 2.75) is 26.4 Å². The molecule has 0 amide bonds. The van der Waals surface area contributed by atoms with E-state index in [1.54, 1.807) is 18.2 Å². The normalized spacial score (nSPS) is 11.1. The highest BCUT2D eigenvalue weighted by Crippen LogP contribution is 2.27. The van der Waals surface area contributed by atoms with Gasteiger partial charge in [-0.15, -0.1) is 0 Å². The molecule has 0 aliphatic rings. The van der Waals surface area contributed by atoms with E-state index in [2.05, 4.69) is 0 Å². The number of hydrogen-bond donors (Lipinski definition) is 0. The third kappa shape index (κ3) is 3.65. The third-order valence-electron chi connectivity index (χ3n) is 3.99. The summed E-state index contributed by atoms with van der Waals surface area (Å²) in [6, 6.07) is 11.6. The number of halogens is 1. The predicted octanol–water partition coefficient (Wildman–Crippen LogP) is 4.64. The monoisotopic (exact) mass is 342 g/mol. The average Bonchev–Trinajstić information content (AvgIpc) is 2.58. The van der Waals surface area contributed by atoms with Crippen LogP contribution in [-0.2, 0) is 6.61 Å². The minimum atomic E-state index is -0.435. The van der Waals surface area contributed by atoms with Crippen molar-refractivity contribution < 1.29 is 18.3 Å². The van der Waals surface area contributed by atoms with Gasteiger partial charge in [0.15, 0.2) is 11.6 Å². The SMILES string of the molecule is COc1ccc(COc2ccc3c(C(C)C)cc(=O)oc3c2)cc1F. The molecule has 0 saturated heterocycles. The van der Waals surface area contributed by atoms with Gasteiger partial charge in [0, 0.05) is 17.5 Å². The predicted molar refractivity (Wildman–Crippen MR) is 93.9 cm³/mol. The maximum atomic E-state index is 13.7. The molecule has 1 aromatic heterocycles. The minimum absolute atomic E-state index is 0.192. The zero-order valence-corrected chi connectivity index (χ0v) is 14.3. The molecule has 0 fully saturated rings. The summed E-state index contributed by atoms with van der Waals surface area (Å²) in [5.74, 6) is 0.514. The average molecular weight is 342 g/mol. The Hall–Kier alpha value is -2.82. The summed E-state index contributed by atoms with van der Waals surface area (Å²) in [6.07, 6.45) is 0. The Morgan fingerprint density at radius 1 is 1.12 bits per heavy atom. The van der Waals surface area contributed by atoms with Gasteiger partial charge in [-0.1, -0.05) is 19.9 Å². The first-order chi connectivity index (χ1) is 12.0. The smallest absolute Gasteiger partial charge is 0.336 e. The van der Waals surface area contributed by atoms with E-state index in [1.807, 2.05) is 26.0 Å². The van der Waals surface area contributed by atoms with Gasteiger partial charge in [-0.2, -0.15) is 0 Å². The molecule has 2 aromatic carbocycles. The molecule has 0 saturated carbocycles. The van der Waals surface area contributed by atoms with Crippen LogP contribution in [0.3, 0.4) is 0 Å². The second-order valence-corrected chi connectivity index (χ2v) is 6.09. The van der Waals surface area contributed by atoms with Gasteiger partial charge < -0.3 is 13.9 Å². The van der Waals surface area contributed by atoms with Gasteiger partial charge in [-0.05, 0) is 41.3 Å². The van der Waals surface area contributed by atoms with Gasteiger partial charge in [-0.3, -0.25) is 0 Å². The van der Waals surface area contributed by atoms with Gasteiger partial charge in [-0.25, -0.2) is 9.18 Å². The van der Waals surface area contributed by atoms with Crippen LogP contribution in [0.1, 0.15) is 30.9 Å². The largest absolute Gasteiger partial charge is 0.494 e. The molecule has 0 radical (unpaired) electrons. The molecular formula is C20H19FO4. The lowest BCUT2D eigenvalue weighted by molar-refractivity contribution is 0.304. The maximum Gasteiger partial charge on any atom is 0.336 e. The Balaban J connectivity index is 1.85. The molecule has 4 nitrogen and oxygen atoms in total. The van der Waals surface area contributed by atoms with Gasteiger partial charge in [0.1, 0.15) is 17.9 Å². The van der Waals surface area contributed by atoms with E-state index in [0.29, 0.717) is 16.9 Å². The van der Waals surface area contributed by atoms with Gasteiger partial charge in [0.2, 0.25) is 0 Å². The van der Waals surface area contributed by atoms with Crippen molar-refractivity contribution in [3.63, 3.8) is 0 Å². The van der Waals surface area contributed by atoms with Crippen LogP contribution < -0.4 is 15.1 Å². The minimum Gasteiger partial charge on any atom is -0.494 e. The fourth-order valence-electron chi connectivity index (χ4n) is 2.70. The van der Waals surface area contributed by atoms with Crippen LogP contribution in [0.4, 0.5) is 4.39 Å². The molecule has 130 valence electrons. The molecular weight excluding hydrogens is 323 g/mol. The summed E-state index contributed by atoms with van der Waals surface area (Å²) in [5.41, 5.74) is 1.71. The molecule has 1 heterocycles. The molecule has 3 rings (SSSR count). The second kappa shape index (κ2) is 6.97. The van der Waals surface area contributed by atoms with Crippen molar-refractivity contribution in [3.8, 4) is 11.5 Å². The Morgan fingerprint density at radius 2 is 1.92 bits per heavy atom. The van der Waals surface area contributed by atoms with E-state index < -0.39 is 5.82 Å². The van der Waals surface area contributed by atoms with Crippen molar-refractivity contribution in [2.75, 3.05) is 7.11 Å². The van der Waals surface area contributed by atoms with E-state index in [-0.39, 0.29) is 23.9 Å². The van der Waals surface area contributed by atoms with Gasteiger partial charge in [0.05, 0.1) is 7.11 Å². The first-order valence-corrected chi connectivity index (χ1v) is 8.01. The molecule has 5 heteroatoms. The van der Waals surface area contributed by atoms with Gasteiger partial charge >= 0.3 is 5.63 Å². The van der Waals surface area contributed by atoms with Crippen LogP contribution in [0.5, 0.6) is 11.5 Å². The number of fused-ring (bicyclic) bond motifs is 1. The molecule has 0 atom stereocenters. The maximum absolute atomic E-state index is 13.7. The summed E-state index contributed by atoms with van der Waals surface area (Å²) in [6.45, 7) is 4.24. The molecule has 0 N–H and O–H groups in total. The highest BCUT2D eigenvalue weighted by atomic mass is 19.1. The first kappa shape index (κ1) is 17.0. The molecule has 0 spiro atoms. The van der Waals surface area contributed by atoms with E-state index in [0.717, 1.165) is 10.9 Å². The van der Waals surface area contributed by atoms with Crippen molar-refractivity contribution >= 4 is 11.0 Å². The summed E-state index contributed by atoms with van der Waals surface area (Å²) in [7, 11) is 1.42. The van der Waals surface area contributed by atoms with Gasteiger partial charge in [0.25, 0.3) is 0 Å². The van der Waals surface area contributed by atoms with E-state index in [9.17, 15) is 9.18 Å². The van der Waals surface area contributed by atoms with Crippen LogP contribution >= 0.6 is 0 Å². The third-order valence-corrected chi connectivity index (χ3v) is 3.99. The summed E-state index contributed by atoms with van der Waals surface area (Å²) < 4.78 is 29.6. The van der Waals surface area contributed by atoms with Crippen molar-refractivity contribution in [1.29, 1.82) is 0 Å². The summed E-state index contributed by atoms with van der Waals surface area (Å²) >= 11 is 0. The molecule has 0 unspecified atom stereocenters. The number of hydrogen-bond acceptors (Lipinski definition) is 4. The van der Waals surface area contributed by atoms with E-state index >= 15 is 0 Å². The number of benzene rings is 2. The summed E-state index contributed by atoms with van der Waals surface area (Å²) in [4.78, 5) is 11.7. The lowest BCUT2D eigenvalue weighted by atomic mass is 10.00. The van der Waals surface area contributed by atoms with E-state index in [4.69, 9.17) is 13.9 Å². The van der Waals surface area contributed by atoms with Crippen molar-refractivity contribution in [2.24, 2.45) is 0 Å². The van der Waals surface area contributed by atoms with Crippen molar-refractivity contribution in [3.05, 3.63) is 69.8 Å². The number of rotatable bonds is 5. The Labute approximate surface area is 144 Å². The topological polar surface area (TPSA) is 48.7 Å².